The van der Waals surface area contributed by atoms with E-state index in [-0.39, 0.29) is 15.8 Å². The third-order valence-corrected chi connectivity index (χ3v) is 6.70. The minimum atomic E-state index is -3.92. The van der Waals surface area contributed by atoms with Crippen LogP contribution in [0.1, 0.15) is 22.8 Å². The van der Waals surface area contributed by atoms with Gasteiger partial charge in [0.2, 0.25) is 5.43 Å². The average molecular weight is 442 g/mol. The number of nitrogens with one attached hydrogen (secondary N) is 2. The van der Waals surface area contributed by atoms with E-state index < -0.39 is 21.4 Å². The van der Waals surface area contributed by atoms with Crippen LogP contribution in [-0.4, -0.2) is 50.5 Å². The van der Waals surface area contributed by atoms with Crippen LogP contribution in [0.4, 0.5) is 5.69 Å². The minimum absolute atomic E-state index is 0.0202. The lowest BCUT2D eigenvalue weighted by atomic mass is 10.1. The number of aryl methyl sites for hydroxylation is 1. The Balaban J connectivity index is 1.72. The summed E-state index contributed by atoms with van der Waals surface area (Å²) in [7, 11) is -3.92. The predicted octanol–water partition coefficient (Wildman–Crippen LogP) is 2.36. The van der Waals surface area contributed by atoms with Gasteiger partial charge in [0.1, 0.15) is 5.56 Å². The van der Waals surface area contributed by atoms with Crippen LogP contribution in [0.3, 0.4) is 0 Å². The third kappa shape index (κ3) is 4.19. The first-order valence-corrected chi connectivity index (χ1v) is 11.5. The van der Waals surface area contributed by atoms with E-state index >= 15 is 0 Å². The number of H-pyrrole nitrogens is 1. The number of ether oxygens (including phenoxy) is 1. The van der Waals surface area contributed by atoms with E-state index in [2.05, 4.69) is 9.71 Å². The van der Waals surface area contributed by atoms with Crippen molar-refractivity contribution in [3.63, 3.8) is 0 Å². The topological polar surface area (TPSA) is 109 Å². The van der Waals surface area contributed by atoms with E-state index in [9.17, 15) is 18.0 Å². The maximum absolute atomic E-state index is 13.0. The molecule has 0 atom stereocenters. The van der Waals surface area contributed by atoms with Gasteiger partial charge in [-0.15, -0.1) is 0 Å². The molecule has 1 aliphatic heterocycles. The number of fused-ring (bicyclic) bond motifs is 1. The molecule has 3 aromatic rings. The molecule has 1 saturated heterocycles. The van der Waals surface area contributed by atoms with Gasteiger partial charge in [-0.05, 0) is 36.2 Å². The van der Waals surface area contributed by atoms with E-state index in [0.717, 1.165) is 5.56 Å². The smallest absolute Gasteiger partial charge is 0.261 e. The van der Waals surface area contributed by atoms with Crippen molar-refractivity contribution >= 4 is 32.5 Å². The van der Waals surface area contributed by atoms with Gasteiger partial charge in [0.15, 0.2) is 0 Å². The number of sulfonamides is 1. The SMILES string of the molecule is CCc1ccccc1NS(=O)(=O)c1ccc2[nH]cc(C(=O)N3CCOCC3)c(=O)c2c1. The standard InChI is InChI=1S/C22H23N3O5S/c1-2-15-5-3-4-6-19(15)24-31(28,29)16-7-8-20-17(13-16)21(26)18(14-23-20)22(27)25-9-11-30-12-10-25/h3-8,13-14,24H,2,9-12H2,1H3,(H,23,26). The molecule has 0 unspecified atom stereocenters. The molecular weight excluding hydrogens is 418 g/mol. The first kappa shape index (κ1) is 21.1. The Hall–Kier alpha value is -3.17. The molecule has 2 aromatic carbocycles. The van der Waals surface area contributed by atoms with E-state index in [1.165, 1.54) is 24.4 Å². The van der Waals surface area contributed by atoms with Crippen LogP contribution in [-0.2, 0) is 21.2 Å². The number of rotatable bonds is 5. The summed E-state index contributed by atoms with van der Waals surface area (Å²) in [5.41, 5.74) is 1.29. The number of nitrogens with zero attached hydrogens (tertiary/aromatic N) is 1. The number of amides is 1. The highest BCUT2D eigenvalue weighted by Crippen LogP contribution is 2.22. The van der Waals surface area contributed by atoms with E-state index in [4.69, 9.17) is 4.74 Å². The quantitative estimate of drug-likeness (QED) is 0.632. The summed E-state index contributed by atoms with van der Waals surface area (Å²) in [5, 5.41) is 0.144. The number of hydrogen-bond donors (Lipinski definition) is 2. The third-order valence-electron chi connectivity index (χ3n) is 5.33. The van der Waals surface area contributed by atoms with Crippen molar-refractivity contribution < 1.29 is 17.9 Å². The predicted molar refractivity (Wildman–Crippen MR) is 118 cm³/mol. The second kappa shape index (κ2) is 8.52. The maximum atomic E-state index is 13.0. The van der Waals surface area contributed by atoms with Crippen molar-refractivity contribution in [1.82, 2.24) is 9.88 Å². The zero-order valence-electron chi connectivity index (χ0n) is 17.1. The molecule has 1 aromatic heterocycles. The fourth-order valence-electron chi connectivity index (χ4n) is 3.59. The normalized spacial score (nSPS) is 14.5. The van der Waals surface area contributed by atoms with Crippen LogP contribution in [0.15, 0.2) is 58.4 Å². The maximum Gasteiger partial charge on any atom is 0.261 e. The Bertz CT molecular complexity index is 1290. The zero-order chi connectivity index (χ0) is 22.0. The molecule has 4 rings (SSSR count). The Labute approximate surface area is 179 Å². The van der Waals surface area contributed by atoms with Gasteiger partial charge in [0, 0.05) is 30.2 Å². The van der Waals surface area contributed by atoms with Gasteiger partial charge in [0.25, 0.3) is 15.9 Å². The molecule has 0 radical (unpaired) electrons. The molecule has 9 heteroatoms. The summed E-state index contributed by atoms with van der Waals surface area (Å²) in [6.07, 6.45) is 2.05. The number of carbonyl (C=O) groups is 1. The van der Waals surface area contributed by atoms with Crippen LogP contribution in [0.2, 0.25) is 0 Å². The van der Waals surface area contributed by atoms with Crippen molar-refractivity contribution in [3.05, 3.63) is 70.0 Å². The van der Waals surface area contributed by atoms with Gasteiger partial charge in [-0.1, -0.05) is 25.1 Å². The van der Waals surface area contributed by atoms with Crippen molar-refractivity contribution in [2.24, 2.45) is 0 Å². The molecule has 1 amide bonds. The molecule has 31 heavy (non-hydrogen) atoms. The van der Waals surface area contributed by atoms with Crippen LogP contribution in [0.5, 0.6) is 0 Å². The molecule has 0 spiro atoms. The number of para-hydroxylation sites is 1. The monoisotopic (exact) mass is 441 g/mol. The van der Waals surface area contributed by atoms with Crippen molar-refractivity contribution in [1.29, 1.82) is 0 Å². The lowest BCUT2D eigenvalue weighted by molar-refractivity contribution is 0.0302. The Morgan fingerprint density at radius 1 is 1.16 bits per heavy atom. The fraction of sp³-hybridized carbons (Fsp3) is 0.273. The molecule has 0 aliphatic carbocycles. The Morgan fingerprint density at radius 3 is 2.65 bits per heavy atom. The lowest BCUT2D eigenvalue weighted by Crippen LogP contribution is -2.42. The van der Waals surface area contributed by atoms with E-state index in [0.29, 0.717) is 43.9 Å². The first-order chi connectivity index (χ1) is 14.9. The highest BCUT2D eigenvalue weighted by atomic mass is 32.2. The van der Waals surface area contributed by atoms with Gasteiger partial charge in [-0.25, -0.2) is 8.42 Å². The van der Waals surface area contributed by atoms with Gasteiger partial charge in [0.05, 0.1) is 23.8 Å². The Morgan fingerprint density at radius 2 is 1.90 bits per heavy atom. The van der Waals surface area contributed by atoms with Crippen molar-refractivity contribution in [2.75, 3.05) is 31.0 Å². The number of anilines is 1. The minimum Gasteiger partial charge on any atom is -0.378 e. The lowest BCUT2D eigenvalue weighted by Gasteiger charge is -2.26. The van der Waals surface area contributed by atoms with Crippen molar-refractivity contribution in [2.45, 2.75) is 18.2 Å². The molecule has 2 N–H and O–H groups in total. The second-order valence-corrected chi connectivity index (χ2v) is 8.94. The number of aromatic nitrogens is 1. The number of pyridine rings is 1. The summed E-state index contributed by atoms with van der Waals surface area (Å²) in [4.78, 5) is 30.3. The van der Waals surface area contributed by atoms with E-state index in [1.54, 1.807) is 17.0 Å². The summed E-state index contributed by atoms with van der Waals surface area (Å²) in [6, 6.07) is 11.4. The van der Waals surface area contributed by atoms with Crippen LogP contribution in [0.25, 0.3) is 10.9 Å². The van der Waals surface area contributed by atoms with Crippen molar-refractivity contribution in [3.8, 4) is 0 Å². The zero-order valence-corrected chi connectivity index (χ0v) is 17.9. The number of aromatic amines is 1. The van der Waals surface area contributed by atoms with Gasteiger partial charge in [-0.3, -0.25) is 14.3 Å². The number of hydrogen-bond acceptors (Lipinski definition) is 5. The molecule has 0 saturated carbocycles. The first-order valence-electron chi connectivity index (χ1n) is 10.0. The molecule has 0 bridgehead atoms. The Kier molecular flexibility index (Phi) is 5.79. The molecule has 2 heterocycles. The van der Waals surface area contributed by atoms with E-state index in [1.807, 2.05) is 19.1 Å². The summed E-state index contributed by atoms with van der Waals surface area (Å²) in [6.45, 7) is 3.60. The summed E-state index contributed by atoms with van der Waals surface area (Å²) >= 11 is 0. The fourth-order valence-corrected chi connectivity index (χ4v) is 4.72. The number of benzene rings is 2. The van der Waals surface area contributed by atoms with Gasteiger partial charge >= 0.3 is 0 Å². The summed E-state index contributed by atoms with van der Waals surface area (Å²) in [5.74, 6) is -0.394. The highest BCUT2D eigenvalue weighted by Gasteiger charge is 2.23. The number of carbonyl (C=O) groups excluding carboxylic acids is 1. The molecule has 162 valence electrons. The van der Waals surface area contributed by atoms with Crippen LogP contribution >= 0.6 is 0 Å². The summed E-state index contributed by atoms with van der Waals surface area (Å²) < 4.78 is 33.8. The highest BCUT2D eigenvalue weighted by molar-refractivity contribution is 7.92. The molecule has 8 nitrogen and oxygen atoms in total. The number of morpholine rings is 1. The largest absolute Gasteiger partial charge is 0.378 e. The van der Waals surface area contributed by atoms with Crippen LogP contribution in [0, 0.1) is 0 Å². The van der Waals surface area contributed by atoms with Crippen LogP contribution < -0.4 is 10.2 Å². The van der Waals surface area contributed by atoms with Gasteiger partial charge < -0.3 is 14.6 Å². The molecule has 1 fully saturated rings. The average Bonchev–Trinajstić information content (AvgIpc) is 2.79. The second-order valence-electron chi connectivity index (χ2n) is 7.26. The molecular formula is C22H23N3O5S. The molecule has 1 aliphatic rings. The van der Waals surface area contributed by atoms with Gasteiger partial charge in [-0.2, -0.15) is 0 Å².